The van der Waals surface area contributed by atoms with Crippen molar-refractivity contribution in [2.75, 3.05) is 5.32 Å². The van der Waals surface area contributed by atoms with Crippen LogP contribution in [0.4, 0.5) is 27.6 Å². The highest BCUT2D eigenvalue weighted by Gasteiger charge is 2.67. The maximum Gasteiger partial charge on any atom is 0.389 e. The van der Waals surface area contributed by atoms with Crippen LogP contribution in [0.1, 0.15) is 34.7 Å². The fraction of sp³-hybridized carbons (Fsp3) is 0.300. The number of carbonyl (C=O) groups is 2. The van der Waals surface area contributed by atoms with E-state index in [1.165, 1.54) is 12.1 Å². The maximum atomic E-state index is 13.7. The molecule has 1 aliphatic rings. The summed E-state index contributed by atoms with van der Waals surface area (Å²) in [6.07, 6.45) is -6.64. The molecule has 0 aromatic heterocycles. The zero-order chi connectivity index (χ0) is 24.0. The number of rotatable bonds is 6. The maximum absolute atomic E-state index is 13.7. The van der Waals surface area contributed by atoms with Crippen LogP contribution in [0.25, 0.3) is 0 Å². The lowest BCUT2D eigenvalue weighted by molar-refractivity contribution is -0.133. The van der Waals surface area contributed by atoms with E-state index in [0.29, 0.717) is 0 Å². The van der Waals surface area contributed by atoms with Gasteiger partial charge in [0.25, 0.3) is 0 Å². The van der Waals surface area contributed by atoms with Crippen LogP contribution >= 0.6 is 46.4 Å². The van der Waals surface area contributed by atoms with Gasteiger partial charge in [-0.05, 0) is 35.9 Å². The minimum atomic E-state index is -4.51. The van der Waals surface area contributed by atoms with Crippen LogP contribution in [0.2, 0.25) is 10.0 Å². The van der Waals surface area contributed by atoms with Gasteiger partial charge in [-0.1, -0.05) is 23.2 Å². The molecule has 2 aromatic carbocycles. The standard InChI is InChI=1S/C20H12Cl4F5NO2/c21-11-2-1-9(7-10(11)14(31)3-4-19(27,28)29)30-18(32)16-15(20(16,23)24)8-5-12(22)17(26)13(25)6-8/h1-2,5-7,15-16H,3-4H2,(H,30,32)/t15-,16+/m0/s1. The lowest BCUT2D eigenvalue weighted by Gasteiger charge is -2.10. The molecular formula is C20H12Cl4F5NO2. The number of carbonyl (C=O) groups excluding carboxylic acids is 2. The van der Waals surface area contributed by atoms with Gasteiger partial charge in [-0.2, -0.15) is 13.2 Å². The summed E-state index contributed by atoms with van der Waals surface area (Å²) in [5.74, 6) is -6.03. The van der Waals surface area contributed by atoms with Gasteiger partial charge in [-0.25, -0.2) is 8.78 Å². The third-order valence-electron chi connectivity index (χ3n) is 4.87. The van der Waals surface area contributed by atoms with Crippen molar-refractivity contribution in [3.8, 4) is 0 Å². The Morgan fingerprint density at radius 1 is 1.03 bits per heavy atom. The number of amides is 1. The molecule has 2 atom stereocenters. The number of hydrogen-bond donors (Lipinski definition) is 1. The molecule has 3 rings (SSSR count). The van der Waals surface area contributed by atoms with Crippen LogP contribution in [0, 0.1) is 17.6 Å². The average molecular weight is 535 g/mol. The molecule has 12 heteroatoms. The quantitative estimate of drug-likeness (QED) is 0.182. The third kappa shape index (κ3) is 5.30. The van der Waals surface area contributed by atoms with Gasteiger partial charge < -0.3 is 5.32 Å². The van der Waals surface area contributed by atoms with E-state index < -0.39 is 63.5 Å². The van der Waals surface area contributed by atoms with Gasteiger partial charge in [-0.3, -0.25) is 9.59 Å². The Bertz CT molecular complexity index is 1070. The number of anilines is 1. The van der Waals surface area contributed by atoms with Crippen molar-refractivity contribution in [3.05, 3.63) is 63.1 Å². The summed E-state index contributed by atoms with van der Waals surface area (Å²) >= 11 is 23.9. The molecule has 32 heavy (non-hydrogen) atoms. The molecule has 2 aromatic rings. The van der Waals surface area contributed by atoms with Crippen LogP contribution in [-0.4, -0.2) is 22.2 Å². The predicted molar refractivity (Wildman–Crippen MR) is 112 cm³/mol. The van der Waals surface area contributed by atoms with E-state index in [-0.39, 0.29) is 21.8 Å². The van der Waals surface area contributed by atoms with Crippen molar-refractivity contribution in [2.45, 2.75) is 29.3 Å². The topological polar surface area (TPSA) is 46.2 Å². The third-order valence-corrected chi connectivity index (χ3v) is 6.42. The van der Waals surface area contributed by atoms with Gasteiger partial charge in [0.1, 0.15) is 4.33 Å². The van der Waals surface area contributed by atoms with Gasteiger partial charge in [-0.15, -0.1) is 23.2 Å². The minimum Gasteiger partial charge on any atom is -0.326 e. The van der Waals surface area contributed by atoms with Crippen LogP contribution in [0.5, 0.6) is 0 Å². The van der Waals surface area contributed by atoms with E-state index >= 15 is 0 Å². The lowest BCUT2D eigenvalue weighted by Crippen LogP contribution is -2.17. The van der Waals surface area contributed by atoms with E-state index in [1.807, 2.05) is 0 Å². The summed E-state index contributed by atoms with van der Waals surface area (Å²) < 4.78 is 62.6. The molecule has 172 valence electrons. The summed E-state index contributed by atoms with van der Waals surface area (Å²) in [4.78, 5) is 24.8. The van der Waals surface area contributed by atoms with Crippen molar-refractivity contribution in [3.63, 3.8) is 0 Å². The second-order valence-corrected chi connectivity index (χ2v) is 9.41. The molecule has 1 saturated carbocycles. The summed E-state index contributed by atoms with van der Waals surface area (Å²) in [7, 11) is 0. The molecule has 0 radical (unpaired) electrons. The number of hydrogen-bond acceptors (Lipinski definition) is 2. The highest BCUT2D eigenvalue weighted by Crippen LogP contribution is 2.65. The normalized spacial score (nSPS) is 19.5. The van der Waals surface area contributed by atoms with Crippen LogP contribution in [0.15, 0.2) is 30.3 Å². The molecule has 0 bridgehead atoms. The zero-order valence-electron chi connectivity index (χ0n) is 15.7. The summed E-state index contributed by atoms with van der Waals surface area (Å²) in [6.45, 7) is 0. The number of alkyl halides is 5. The molecular weight excluding hydrogens is 523 g/mol. The first-order chi connectivity index (χ1) is 14.7. The number of nitrogens with one attached hydrogen (secondary N) is 1. The van der Waals surface area contributed by atoms with Crippen LogP contribution in [0.3, 0.4) is 0 Å². The van der Waals surface area contributed by atoms with Crippen molar-refractivity contribution >= 4 is 63.8 Å². The number of ketones is 1. The Morgan fingerprint density at radius 3 is 2.28 bits per heavy atom. The van der Waals surface area contributed by atoms with Gasteiger partial charge in [0.2, 0.25) is 5.91 Å². The van der Waals surface area contributed by atoms with Gasteiger partial charge in [0.05, 0.1) is 22.4 Å². The molecule has 1 amide bonds. The van der Waals surface area contributed by atoms with Gasteiger partial charge in [0.15, 0.2) is 17.4 Å². The molecule has 0 spiro atoms. The Labute approximate surface area is 198 Å². The fourth-order valence-electron chi connectivity index (χ4n) is 3.25. The first kappa shape index (κ1) is 25.0. The molecule has 1 aliphatic carbocycles. The number of benzene rings is 2. The molecule has 0 heterocycles. The number of Topliss-reactive ketones (excluding diaryl/α,β-unsaturated/α-hetero) is 1. The second-order valence-electron chi connectivity index (χ2n) is 7.15. The van der Waals surface area contributed by atoms with E-state index in [4.69, 9.17) is 46.4 Å². The van der Waals surface area contributed by atoms with Crippen molar-refractivity contribution in [1.82, 2.24) is 0 Å². The highest BCUT2D eigenvalue weighted by molar-refractivity contribution is 6.53. The van der Waals surface area contributed by atoms with Crippen LogP contribution in [-0.2, 0) is 4.79 Å². The monoisotopic (exact) mass is 533 g/mol. The molecule has 0 unspecified atom stereocenters. The Balaban J connectivity index is 1.77. The first-order valence-electron chi connectivity index (χ1n) is 8.95. The van der Waals surface area contributed by atoms with E-state index in [1.54, 1.807) is 0 Å². The van der Waals surface area contributed by atoms with E-state index in [2.05, 4.69) is 5.32 Å². The van der Waals surface area contributed by atoms with E-state index in [0.717, 1.165) is 18.2 Å². The summed E-state index contributed by atoms with van der Waals surface area (Å²) in [5.41, 5.74) is -0.0255. The van der Waals surface area contributed by atoms with Crippen LogP contribution < -0.4 is 5.32 Å². The Hall–Kier alpha value is -1.61. The Kier molecular flexibility index (Phi) is 7.01. The smallest absolute Gasteiger partial charge is 0.326 e. The molecule has 1 fully saturated rings. The average Bonchev–Trinajstić information content (AvgIpc) is 3.27. The van der Waals surface area contributed by atoms with Gasteiger partial charge >= 0.3 is 6.18 Å². The summed E-state index contributed by atoms with van der Waals surface area (Å²) in [5, 5.41) is 1.86. The molecule has 3 nitrogen and oxygen atoms in total. The summed E-state index contributed by atoms with van der Waals surface area (Å²) in [6, 6.07) is 5.65. The zero-order valence-corrected chi connectivity index (χ0v) is 18.7. The highest BCUT2D eigenvalue weighted by atomic mass is 35.5. The van der Waals surface area contributed by atoms with Crippen molar-refractivity contribution in [2.24, 2.45) is 5.92 Å². The molecule has 1 N–H and O–H groups in total. The lowest BCUT2D eigenvalue weighted by atomic mass is 10.1. The van der Waals surface area contributed by atoms with Gasteiger partial charge in [0, 0.05) is 23.6 Å². The Morgan fingerprint density at radius 2 is 1.69 bits per heavy atom. The van der Waals surface area contributed by atoms with Crippen molar-refractivity contribution in [1.29, 1.82) is 0 Å². The van der Waals surface area contributed by atoms with E-state index in [9.17, 15) is 31.5 Å². The fourth-order valence-corrected chi connectivity index (χ4v) is 4.52. The molecule has 0 aliphatic heterocycles. The largest absolute Gasteiger partial charge is 0.389 e. The molecule has 0 saturated heterocycles. The second kappa shape index (κ2) is 8.97. The van der Waals surface area contributed by atoms with Crippen molar-refractivity contribution < 1.29 is 31.5 Å². The predicted octanol–water partition coefficient (Wildman–Crippen LogP) is 7.32. The SMILES string of the molecule is O=C(CCC(F)(F)F)c1cc(NC(=O)[C@H]2[C@H](c3cc(F)c(F)c(Cl)c3)C2(Cl)Cl)ccc1Cl. The first-order valence-corrected chi connectivity index (χ1v) is 10.5. The minimum absolute atomic E-state index is 0.0628. The number of halogens is 9.